The maximum Gasteiger partial charge on any atom is 0.238 e. The van der Waals surface area contributed by atoms with Crippen LogP contribution in [0.1, 0.15) is 18.9 Å². The van der Waals surface area contributed by atoms with Crippen LogP contribution in [0.2, 0.25) is 0 Å². The molecule has 114 valence electrons. The van der Waals surface area contributed by atoms with Gasteiger partial charge in [-0.05, 0) is 32.5 Å². The quantitative estimate of drug-likeness (QED) is 0.804. The first-order valence-electron chi connectivity index (χ1n) is 6.99. The number of hydrogen-bond donors (Lipinski definition) is 2. The summed E-state index contributed by atoms with van der Waals surface area (Å²) >= 11 is 4.99. The van der Waals surface area contributed by atoms with Crippen molar-refractivity contribution in [1.29, 1.82) is 0 Å². The summed E-state index contributed by atoms with van der Waals surface area (Å²) < 4.78 is 5.53. The van der Waals surface area contributed by atoms with E-state index in [1.807, 2.05) is 31.0 Å². The fourth-order valence-electron chi connectivity index (χ4n) is 2.64. The van der Waals surface area contributed by atoms with Gasteiger partial charge in [0.1, 0.15) is 4.99 Å². The van der Waals surface area contributed by atoms with E-state index >= 15 is 0 Å². The smallest absolute Gasteiger partial charge is 0.238 e. The number of nitrogens with one attached hydrogen (secondary N) is 1. The third kappa shape index (κ3) is 4.00. The monoisotopic (exact) mass is 307 g/mol. The number of hydrogen-bond acceptors (Lipinski definition) is 4. The fraction of sp³-hybridized carbons (Fsp3) is 0.467. The van der Waals surface area contributed by atoms with Crippen LogP contribution in [0.15, 0.2) is 24.3 Å². The molecule has 1 saturated heterocycles. The van der Waals surface area contributed by atoms with Crippen molar-refractivity contribution in [2.45, 2.75) is 25.5 Å². The number of nitrogens with two attached hydrogens (primary N) is 1. The molecule has 1 aliphatic rings. The SMILES string of the molecule is CC1OCCC1N(C)CC(=O)Nc1ccccc1C(N)=S. The van der Waals surface area contributed by atoms with Crippen LogP contribution in [0, 0.1) is 0 Å². The lowest BCUT2D eigenvalue weighted by Gasteiger charge is -2.26. The number of para-hydroxylation sites is 1. The number of anilines is 1. The molecule has 1 aromatic rings. The van der Waals surface area contributed by atoms with Crippen molar-refractivity contribution in [3.63, 3.8) is 0 Å². The van der Waals surface area contributed by atoms with E-state index in [-0.39, 0.29) is 23.0 Å². The third-order valence-corrected chi connectivity index (χ3v) is 3.98. The minimum Gasteiger partial charge on any atom is -0.389 e. The zero-order valence-electron chi connectivity index (χ0n) is 12.3. The number of amides is 1. The van der Waals surface area contributed by atoms with Gasteiger partial charge in [-0.1, -0.05) is 24.4 Å². The van der Waals surface area contributed by atoms with E-state index in [0.29, 0.717) is 17.8 Å². The molecule has 0 saturated carbocycles. The molecule has 1 heterocycles. The number of carbonyl (C=O) groups excluding carboxylic acids is 1. The van der Waals surface area contributed by atoms with Gasteiger partial charge in [0, 0.05) is 18.2 Å². The van der Waals surface area contributed by atoms with Gasteiger partial charge in [0.15, 0.2) is 0 Å². The van der Waals surface area contributed by atoms with Crippen LogP contribution in [0.4, 0.5) is 5.69 Å². The van der Waals surface area contributed by atoms with E-state index < -0.39 is 0 Å². The molecule has 1 fully saturated rings. The number of carbonyl (C=O) groups is 1. The number of rotatable bonds is 5. The Bertz CT molecular complexity index is 535. The van der Waals surface area contributed by atoms with Gasteiger partial charge >= 0.3 is 0 Å². The molecule has 0 aromatic heterocycles. The van der Waals surface area contributed by atoms with E-state index in [9.17, 15) is 4.79 Å². The van der Waals surface area contributed by atoms with Gasteiger partial charge in [0.25, 0.3) is 0 Å². The summed E-state index contributed by atoms with van der Waals surface area (Å²) in [6, 6.07) is 7.56. The average molecular weight is 307 g/mol. The van der Waals surface area contributed by atoms with Gasteiger partial charge in [-0.3, -0.25) is 9.69 Å². The molecule has 6 heteroatoms. The molecule has 0 bridgehead atoms. The summed E-state index contributed by atoms with van der Waals surface area (Å²) in [6.45, 7) is 3.10. The third-order valence-electron chi connectivity index (χ3n) is 3.76. The Labute approximate surface area is 130 Å². The summed E-state index contributed by atoms with van der Waals surface area (Å²) in [5.74, 6) is -0.0831. The lowest BCUT2D eigenvalue weighted by molar-refractivity contribution is -0.117. The zero-order valence-corrected chi connectivity index (χ0v) is 13.2. The molecule has 1 aromatic carbocycles. The minimum absolute atomic E-state index is 0.0831. The lowest BCUT2D eigenvalue weighted by Crippen LogP contribution is -2.41. The molecule has 2 rings (SSSR count). The van der Waals surface area contributed by atoms with Gasteiger partial charge in [0.2, 0.25) is 5.91 Å². The number of thiocarbonyl (C=S) groups is 1. The Hall–Kier alpha value is -1.50. The molecular formula is C15H21N3O2S. The Morgan fingerprint density at radius 1 is 1.52 bits per heavy atom. The molecule has 0 radical (unpaired) electrons. The Morgan fingerprint density at radius 3 is 2.86 bits per heavy atom. The molecule has 1 aliphatic heterocycles. The van der Waals surface area contributed by atoms with Crippen LogP contribution in [-0.4, -0.2) is 48.1 Å². The largest absolute Gasteiger partial charge is 0.389 e. The highest BCUT2D eigenvalue weighted by Gasteiger charge is 2.28. The Balaban J connectivity index is 1.97. The van der Waals surface area contributed by atoms with Crippen molar-refractivity contribution in [3.05, 3.63) is 29.8 Å². The molecule has 2 unspecified atom stereocenters. The van der Waals surface area contributed by atoms with E-state index in [2.05, 4.69) is 5.32 Å². The number of benzene rings is 1. The highest BCUT2D eigenvalue weighted by molar-refractivity contribution is 7.80. The Kier molecular flexibility index (Phi) is 5.27. The first-order chi connectivity index (χ1) is 9.99. The molecule has 0 aliphatic carbocycles. The minimum atomic E-state index is -0.0831. The summed E-state index contributed by atoms with van der Waals surface area (Å²) in [7, 11) is 1.94. The first-order valence-corrected chi connectivity index (χ1v) is 7.40. The highest BCUT2D eigenvalue weighted by atomic mass is 32.1. The molecule has 2 atom stereocenters. The van der Waals surface area contributed by atoms with Gasteiger partial charge < -0.3 is 15.8 Å². The van der Waals surface area contributed by atoms with Gasteiger partial charge in [-0.25, -0.2) is 0 Å². The van der Waals surface area contributed by atoms with Gasteiger partial charge in [-0.15, -0.1) is 0 Å². The topological polar surface area (TPSA) is 67.6 Å². The predicted octanol–water partition coefficient (Wildman–Crippen LogP) is 1.37. The van der Waals surface area contributed by atoms with E-state index in [4.69, 9.17) is 22.7 Å². The van der Waals surface area contributed by atoms with E-state index in [0.717, 1.165) is 13.0 Å². The molecule has 5 nitrogen and oxygen atoms in total. The highest BCUT2D eigenvalue weighted by Crippen LogP contribution is 2.19. The number of likely N-dealkylation sites (N-methyl/N-ethyl adjacent to an activating group) is 1. The fourth-order valence-corrected chi connectivity index (χ4v) is 2.82. The second-order valence-electron chi connectivity index (χ2n) is 5.31. The average Bonchev–Trinajstić information content (AvgIpc) is 2.85. The van der Waals surface area contributed by atoms with Gasteiger partial charge in [0.05, 0.1) is 18.3 Å². The van der Waals surface area contributed by atoms with Crippen LogP contribution in [0.5, 0.6) is 0 Å². The standard InChI is InChI=1S/C15H21N3O2S/c1-10-13(7-8-20-10)18(2)9-14(19)17-12-6-4-3-5-11(12)15(16)21/h3-6,10,13H,7-9H2,1-2H3,(H2,16,21)(H,17,19). The predicted molar refractivity (Wildman–Crippen MR) is 87.4 cm³/mol. The summed E-state index contributed by atoms with van der Waals surface area (Å²) in [5, 5.41) is 2.87. The van der Waals surface area contributed by atoms with E-state index in [1.54, 1.807) is 12.1 Å². The zero-order chi connectivity index (χ0) is 15.4. The number of nitrogens with zero attached hydrogens (tertiary/aromatic N) is 1. The maximum atomic E-state index is 12.2. The van der Waals surface area contributed by atoms with Crippen LogP contribution < -0.4 is 11.1 Å². The Morgan fingerprint density at radius 2 is 2.24 bits per heavy atom. The normalized spacial score (nSPS) is 21.5. The van der Waals surface area contributed by atoms with Crippen LogP contribution >= 0.6 is 12.2 Å². The summed E-state index contributed by atoms with van der Waals surface area (Å²) in [5.41, 5.74) is 7.00. The number of ether oxygens (including phenoxy) is 1. The van der Waals surface area contributed by atoms with E-state index in [1.165, 1.54) is 0 Å². The maximum absolute atomic E-state index is 12.2. The van der Waals surface area contributed by atoms with Gasteiger partial charge in [-0.2, -0.15) is 0 Å². The molecule has 1 amide bonds. The molecule has 3 N–H and O–H groups in total. The first kappa shape index (κ1) is 15.9. The van der Waals surface area contributed by atoms with Crippen molar-refractivity contribution < 1.29 is 9.53 Å². The van der Waals surface area contributed by atoms with Crippen molar-refractivity contribution in [1.82, 2.24) is 4.90 Å². The van der Waals surface area contributed by atoms with Crippen LogP contribution in [0.25, 0.3) is 0 Å². The second-order valence-corrected chi connectivity index (χ2v) is 5.74. The second kappa shape index (κ2) is 6.98. The van der Waals surface area contributed by atoms with Crippen molar-refractivity contribution in [2.24, 2.45) is 5.73 Å². The lowest BCUT2D eigenvalue weighted by atomic mass is 10.1. The molecule has 0 spiro atoms. The van der Waals surface area contributed by atoms with Crippen LogP contribution in [0.3, 0.4) is 0 Å². The summed E-state index contributed by atoms with van der Waals surface area (Å²) in [4.78, 5) is 14.5. The molecule has 21 heavy (non-hydrogen) atoms. The van der Waals surface area contributed by atoms with Crippen molar-refractivity contribution in [2.75, 3.05) is 25.5 Å². The molecular weight excluding hydrogens is 286 g/mol. The van der Waals surface area contributed by atoms with Crippen molar-refractivity contribution >= 4 is 28.8 Å². The summed E-state index contributed by atoms with van der Waals surface area (Å²) in [6.07, 6.45) is 1.11. The van der Waals surface area contributed by atoms with Crippen LogP contribution in [-0.2, 0) is 9.53 Å². The van der Waals surface area contributed by atoms with Crippen molar-refractivity contribution in [3.8, 4) is 0 Å².